The van der Waals surface area contributed by atoms with E-state index in [0.29, 0.717) is 4.75 Å². The van der Waals surface area contributed by atoms with Crippen LogP contribution in [0.4, 0.5) is 5.69 Å². The lowest BCUT2D eigenvalue weighted by Gasteiger charge is -2.24. The van der Waals surface area contributed by atoms with E-state index in [-0.39, 0.29) is 5.41 Å². The first-order chi connectivity index (χ1) is 8.68. The third kappa shape index (κ3) is 5.10. The number of nitrogens with one attached hydrogen (secondary N) is 1. The predicted molar refractivity (Wildman–Crippen MR) is 90.4 cm³/mol. The average molecular weight is 279 g/mol. The van der Waals surface area contributed by atoms with Crippen molar-refractivity contribution in [3.63, 3.8) is 0 Å². The summed E-state index contributed by atoms with van der Waals surface area (Å²) >= 11 is 2.04. The van der Waals surface area contributed by atoms with Gasteiger partial charge in [0.05, 0.1) is 0 Å². The highest BCUT2D eigenvalue weighted by Crippen LogP contribution is 2.33. The maximum Gasteiger partial charge on any atom is 0.0343 e. The van der Waals surface area contributed by atoms with Gasteiger partial charge >= 0.3 is 0 Å². The van der Waals surface area contributed by atoms with Gasteiger partial charge in [-0.1, -0.05) is 47.6 Å². The third-order valence-electron chi connectivity index (χ3n) is 3.63. The highest BCUT2D eigenvalue weighted by molar-refractivity contribution is 7.99. The van der Waals surface area contributed by atoms with E-state index < -0.39 is 0 Å². The highest BCUT2D eigenvalue weighted by Gasteiger charge is 2.18. The largest absolute Gasteiger partial charge is 0.388 e. The quantitative estimate of drug-likeness (QED) is 0.769. The van der Waals surface area contributed by atoms with E-state index in [1.165, 1.54) is 23.2 Å². The zero-order valence-electron chi connectivity index (χ0n) is 13.6. The summed E-state index contributed by atoms with van der Waals surface area (Å²) in [5.74, 6) is 1.08. The van der Waals surface area contributed by atoms with Gasteiger partial charge in [-0.05, 0) is 35.1 Å². The molecule has 0 spiro atoms. The molecule has 0 heterocycles. The van der Waals surface area contributed by atoms with Crippen LogP contribution in [0.5, 0.6) is 0 Å². The number of anilines is 1. The molecule has 0 aromatic heterocycles. The molecular formula is C17H29NS. The van der Waals surface area contributed by atoms with Crippen LogP contribution in [0.15, 0.2) is 18.2 Å². The van der Waals surface area contributed by atoms with Crippen molar-refractivity contribution in [2.45, 2.75) is 63.9 Å². The number of benzene rings is 1. The Hall–Kier alpha value is -0.630. The lowest BCUT2D eigenvalue weighted by atomic mass is 9.86. The number of rotatable bonds is 5. The average Bonchev–Trinajstić information content (AvgIpc) is 2.35. The molecule has 0 saturated heterocycles. The van der Waals surface area contributed by atoms with E-state index in [1.54, 1.807) is 0 Å². The van der Waals surface area contributed by atoms with E-state index in [2.05, 4.69) is 65.1 Å². The Labute approximate surface area is 123 Å². The minimum atomic E-state index is 0.201. The molecular weight excluding hydrogens is 250 g/mol. The first-order valence-electron chi connectivity index (χ1n) is 7.14. The van der Waals surface area contributed by atoms with Gasteiger partial charge in [-0.3, -0.25) is 0 Å². The van der Waals surface area contributed by atoms with Crippen LogP contribution in [-0.4, -0.2) is 11.8 Å². The summed E-state index contributed by atoms with van der Waals surface area (Å²) in [7, 11) is 1.99. The second kappa shape index (κ2) is 6.21. The fourth-order valence-corrected chi connectivity index (χ4v) is 2.66. The molecule has 0 saturated carbocycles. The maximum atomic E-state index is 3.28. The maximum absolute atomic E-state index is 3.28. The number of thioether (sulfide) groups is 1. The fraction of sp³-hybridized carbons (Fsp3) is 0.647. The van der Waals surface area contributed by atoms with Crippen LogP contribution in [0, 0.1) is 0 Å². The molecule has 0 unspecified atom stereocenters. The third-order valence-corrected chi connectivity index (χ3v) is 5.18. The molecule has 0 aliphatic rings. The monoisotopic (exact) mass is 279 g/mol. The lowest BCUT2D eigenvalue weighted by Crippen LogP contribution is -2.14. The van der Waals surface area contributed by atoms with E-state index in [0.717, 1.165) is 5.75 Å². The van der Waals surface area contributed by atoms with Crippen molar-refractivity contribution in [3.05, 3.63) is 29.3 Å². The van der Waals surface area contributed by atoms with Crippen molar-refractivity contribution in [1.82, 2.24) is 0 Å². The van der Waals surface area contributed by atoms with E-state index in [9.17, 15) is 0 Å². The molecule has 0 fully saturated rings. The van der Waals surface area contributed by atoms with Crippen LogP contribution in [0.25, 0.3) is 0 Å². The van der Waals surface area contributed by atoms with Crippen molar-refractivity contribution in [3.8, 4) is 0 Å². The van der Waals surface area contributed by atoms with E-state index >= 15 is 0 Å². The molecule has 108 valence electrons. The van der Waals surface area contributed by atoms with Crippen molar-refractivity contribution in [2.24, 2.45) is 0 Å². The van der Waals surface area contributed by atoms with Crippen molar-refractivity contribution >= 4 is 17.4 Å². The molecule has 0 amide bonds. The second-order valence-corrected chi connectivity index (χ2v) is 8.50. The zero-order valence-corrected chi connectivity index (χ0v) is 14.4. The zero-order chi connectivity index (χ0) is 14.7. The van der Waals surface area contributed by atoms with Crippen molar-refractivity contribution in [1.29, 1.82) is 0 Å². The lowest BCUT2D eigenvalue weighted by molar-refractivity contribution is 0.590. The summed E-state index contributed by atoms with van der Waals surface area (Å²) in [4.78, 5) is 0. The Kier molecular flexibility index (Phi) is 5.37. The SMILES string of the molecule is CCC(C)(C)SCc1cc(NC)cc(C(C)(C)C)c1. The van der Waals surface area contributed by atoms with Gasteiger partial charge in [0.25, 0.3) is 0 Å². The minimum absolute atomic E-state index is 0.201. The normalized spacial score (nSPS) is 12.6. The van der Waals surface area contributed by atoms with Gasteiger partial charge in [-0.2, -0.15) is 11.8 Å². The Morgan fingerprint density at radius 3 is 2.16 bits per heavy atom. The van der Waals surface area contributed by atoms with Crippen molar-refractivity contribution < 1.29 is 0 Å². The Bertz CT molecular complexity index is 416. The Morgan fingerprint density at radius 1 is 1.05 bits per heavy atom. The molecule has 0 radical (unpaired) electrons. The van der Waals surface area contributed by atoms with Gasteiger partial charge in [0.1, 0.15) is 0 Å². The molecule has 0 bridgehead atoms. The molecule has 0 atom stereocenters. The molecule has 1 rings (SSSR count). The van der Waals surface area contributed by atoms with E-state index in [1.807, 2.05) is 18.8 Å². The van der Waals surface area contributed by atoms with Crippen LogP contribution >= 0.6 is 11.8 Å². The topological polar surface area (TPSA) is 12.0 Å². The van der Waals surface area contributed by atoms with Crippen LogP contribution in [0.1, 0.15) is 59.1 Å². The van der Waals surface area contributed by atoms with E-state index in [4.69, 9.17) is 0 Å². The summed E-state index contributed by atoms with van der Waals surface area (Å²) in [6.07, 6.45) is 1.20. The first kappa shape index (κ1) is 16.4. The number of hydrogen-bond donors (Lipinski definition) is 1. The predicted octanol–water partition coefficient (Wildman–Crippen LogP) is 5.45. The van der Waals surface area contributed by atoms with Gasteiger partial charge < -0.3 is 5.32 Å². The molecule has 1 aromatic carbocycles. The fourth-order valence-electron chi connectivity index (χ4n) is 1.73. The van der Waals surface area contributed by atoms with Gasteiger partial charge in [0.15, 0.2) is 0 Å². The molecule has 2 heteroatoms. The summed E-state index contributed by atoms with van der Waals surface area (Å²) < 4.78 is 0.359. The van der Waals surface area contributed by atoms with Gasteiger partial charge in [0.2, 0.25) is 0 Å². The number of hydrogen-bond acceptors (Lipinski definition) is 2. The van der Waals surface area contributed by atoms with Crippen LogP contribution in [0.3, 0.4) is 0 Å². The Morgan fingerprint density at radius 2 is 1.68 bits per heavy atom. The molecule has 1 N–H and O–H groups in total. The summed E-state index contributed by atoms with van der Waals surface area (Å²) in [6, 6.07) is 6.90. The van der Waals surface area contributed by atoms with Crippen LogP contribution in [-0.2, 0) is 11.2 Å². The molecule has 1 aromatic rings. The summed E-state index contributed by atoms with van der Waals surface area (Å²) in [5, 5.41) is 3.28. The standard InChI is InChI=1S/C17H29NS/c1-8-17(5,6)19-12-13-9-14(16(2,3)4)11-15(10-13)18-7/h9-11,18H,8,12H2,1-7H3. The minimum Gasteiger partial charge on any atom is -0.388 e. The van der Waals surface area contributed by atoms with Crippen LogP contribution < -0.4 is 5.32 Å². The first-order valence-corrected chi connectivity index (χ1v) is 8.12. The molecule has 19 heavy (non-hydrogen) atoms. The van der Waals surface area contributed by atoms with Gasteiger partial charge in [-0.15, -0.1) is 0 Å². The van der Waals surface area contributed by atoms with Gasteiger partial charge in [0, 0.05) is 23.2 Å². The molecule has 0 aliphatic carbocycles. The molecule has 0 aliphatic heterocycles. The Balaban J connectivity index is 2.95. The molecule has 1 nitrogen and oxygen atoms in total. The smallest absolute Gasteiger partial charge is 0.0343 e. The highest BCUT2D eigenvalue weighted by atomic mass is 32.2. The summed E-state index contributed by atoms with van der Waals surface area (Å²) in [6.45, 7) is 13.7. The van der Waals surface area contributed by atoms with Crippen LogP contribution in [0.2, 0.25) is 0 Å². The van der Waals surface area contributed by atoms with Crippen molar-refractivity contribution in [2.75, 3.05) is 12.4 Å². The summed E-state index contributed by atoms with van der Waals surface area (Å²) in [5.41, 5.74) is 4.25. The second-order valence-electron chi connectivity index (χ2n) is 6.82. The van der Waals surface area contributed by atoms with Gasteiger partial charge in [-0.25, -0.2) is 0 Å².